The van der Waals surface area contributed by atoms with Gasteiger partial charge in [-0.05, 0) is 37.2 Å². The number of aliphatic hydroxyl groups is 1. The van der Waals surface area contributed by atoms with Crippen molar-refractivity contribution < 1.29 is 33.6 Å². The number of carbonyl (C=O) groups excluding carboxylic acids is 2. The zero-order chi connectivity index (χ0) is 28.2. The van der Waals surface area contributed by atoms with E-state index >= 15 is 0 Å². The molecular weight excluding hydrogens is 514 g/mol. The van der Waals surface area contributed by atoms with Crippen molar-refractivity contribution in [3.05, 3.63) is 35.9 Å². The highest BCUT2D eigenvalue weighted by Gasteiger charge is 2.56. The fraction of sp³-hybridized carbons (Fsp3) is 0.733. The molecule has 1 aromatic carbocycles. The average Bonchev–Trinajstić information content (AvgIpc) is 3.49. The highest BCUT2D eigenvalue weighted by atomic mass is 16.7. The minimum atomic E-state index is -0.996. The topological polar surface area (TPSA) is 110 Å². The molecule has 6 unspecified atom stereocenters. The van der Waals surface area contributed by atoms with Crippen LogP contribution in [0.2, 0.25) is 0 Å². The number of hydrogen-bond acceptors (Lipinski definition) is 7. The van der Waals surface area contributed by atoms with Crippen molar-refractivity contribution >= 4 is 12.1 Å². The summed E-state index contributed by atoms with van der Waals surface area (Å²) in [5, 5.41) is 14.5. The molecule has 222 valence electrons. The number of methoxy groups -OCH3 is 1. The molecule has 8 atom stereocenters. The van der Waals surface area contributed by atoms with E-state index in [1.165, 1.54) is 0 Å². The monoisotopic (exact) mass is 559 g/mol. The molecule has 0 spiro atoms. The molecule has 3 saturated heterocycles. The number of aliphatic hydroxyl groups excluding tert-OH is 1. The number of fused-ring (bicyclic) bond motifs is 1. The number of ether oxygens (including phenoxy) is 4. The van der Waals surface area contributed by atoms with Gasteiger partial charge in [0.1, 0.15) is 6.10 Å². The second kappa shape index (κ2) is 13.1. The molecule has 3 amide bonds. The van der Waals surface area contributed by atoms with Gasteiger partial charge in [-0.25, -0.2) is 9.59 Å². The van der Waals surface area contributed by atoms with Gasteiger partial charge < -0.3 is 39.2 Å². The van der Waals surface area contributed by atoms with E-state index < -0.39 is 18.2 Å². The highest BCUT2D eigenvalue weighted by Crippen LogP contribution is 2.49. The Kier molecular flexibility index (Phi) is 9.50. The SMILES string of the molecule is COC1CCCN(C(=O)N(CC(C)C)C[C@@H](O)[C@H](Cc2ccccc2)NC(=O)OC2C3COC4OCC2C4C3)C1. The third kappa shape index (κ3) is 6.73. The van der Waals surface area contributed by atoms with Crippen molar-refractivity contribution in [1.29, 1.82) is 0 Å². The van der Waals surface area contributed by atoms with Crippen LogP contribution in [-0.4, -0.2) is 104 Å². The lowest BCUT2D eigenvalue weighted by atomic mass is 9.98. The van der Waals surface area contributed by atoms with Crippen LogP contribution in [0.3, 0.4) is 0 Å². The third-order valence-corrected chi connectivity index (χ3v) is 8.84. The van der Waals surface area contributed by atoms with Crippen molar-refractivity contribution in [2.45, 2.75) is 70.2 Å². The number of amides is 3. The summed E-state index contributed by atoms with van der Waals surface area (Å²) >= 11 is 0. The van der Waals surface area contributed by atoms with Crippen molar-refractivity contribution in [1.82, 2.24) is 15.1 Å². The highest BCUT2D eigenvalue weighted by molar-refractivity contribution is 5.74. The van der Waals surface area contributed by atoms with Gasteiger partial charge in [0.25, 0.3) is 0 Å². The number of hydrogen-bond donors (Lipinski definition) is 2. The molecule has 40 heavy (non-hydrogen) atoms. The molecule has 0 aromatic heterocycles. The van der Waals surface area contributed by atoms with Gasteiger partial charge in [-0.2, -0.15) is 0 Å². The number of nitrogens with zero attached hydrogens (tertiary/aromatic N) is 2. The minimum Gasteiger partial charge on any atom is -0.445 e. The molecule has 3 heterocycles. The lowest BCUT2D eigenvalue weighted by Gasteiger charge is -2.38. The second-order valence-corrected chi connectivity index (χ2v) is 12.3. The zero-order valence-electron chi connectivity index (χ0n) is 23.9. The Hall–Kier alpha value is -2.40. The lowest BCUT2D eigenvalue weighted by molar-refractivity contribution is -0.169. The summed E-state index contributed by atoms with van der Waals surface area (Å²) in [5.41, 5.74) is 0.977. The van der Waals surface area contributed by atoms with E-state index in [4.69, 9.17) is 18.9 Å². The Morgan fingerprint density at radius 3 is 2.67 bits per heavy atom. The molecule has 0 radical (unpaired) electrons. The first-order chi connectivity index (χ1) is 19.3. The summed E-state index contributed by atoms with van der Waals surface area (Å²) < 4.78 is 23.1. The van der Waals surface area contributed by atoms with E-state index in [2.05, 4.69) is 19.2 Å². The van der Waals surface area contributed by atoms with Crippen molar-refractivity contribution in [2.75, 3.05) is 46.5 Å². The standard InChI is InChI=1S/C30H45N3O7/c1-19(2)14-33(30(36)32-11-7-10-22(15-32)37-3)16-26(34)25(12-20-8-5-4-6-9-20)31-29(35)40-27-21-13-23-24(27)18-39-28(23)38-17-21/h4-6,8-9,19,21-28,34H,7,10-18H2,1-3H3,(H,31,35)/t21?,22?,23?,24?,25-,26+,27?,28?/m0/s1. The lowest BCUT2D eigenvalue weighted by Crippen LogP contribution is -2.55. The Morgan fingerprint density at radius 2 is 1.93 bits per heavy atom. The van der Waals surface area contributed by atoms with E-state index in [9.17, 15) is 14.7 Å². The van der Waals surface area contributed by atoms with Crippen LogP contribution in [0.4, 0.5) is 9.59 Å². The Labute approximate surface area is 237 Å². The smallest absolute Gasteiger partial charge is 0.407 e. The van der Waals surface area contributed by atoms with Gasteiger partial charge in [-0.15, -0.1) is 0 Å². The summed E-state index contributed by atoms with van der Waals surface area (Å²) in [6.07, 6.45) is 1.18. The van der Waals surface area contributed by atoms with Crippen molar-refractivity contribution in [2.24, 2.45) is 23.7 Å². The molecule has 10 heteroatoms. The molecule has 5 rings (SSSR count). The van der Waals surface area contributed by atoms with Gasteiger partial charge in [0.15, 0.2) is 6.29 Å². The van der Waals surface area contributed by atoms with E-state index in [0.717, 1.165) is 24.8 Å². The molecule has 1 aliphatic carbocycles. The largest absolute Gasteiger partial charge is 0.445 e. The molecule has 2 bridgehead atoms. The predicted molar refractivity (Wildman–Crippen MR) is 148 cm³/mol. The summed E-state index contributed by atoms with van der Waals surface area (Å²) in [4.78, 5) is 30.4. The molecule has 4 aliphatic rings. The Morgan fingerprint density at radius 1 is 1.15 bits per heavy atom. The maximum absolute atomic E-state index is 13.6. The Bertz CT molecular complexity index is 995. The first kappa shape index (κ1) is 29.1. The number of rotatable bonds is 10. The summed E-state index contributed by atoms with van der Waals surface area (Å²) in [7, 11) is 1.68. The van der Waals surface area contributed by atoms with E-state index in [0.29, 0.717) is 39.3 Å². The minimum absolute atomic E-state index is 0.0202. The van der Waals surface area contributed by atoms with E-state index in [-0.39, 0.29) is 54.7 Å². The fourth-order valence-corrected chi connectivity index (χ4v) is 6.84. The molecular formula is C30H45N3O7. The van der Waals surface area contributed by atoms with Crippen LogP contribution in [0.1, 0.15) is 38.7 Å². The van der Waals surface area contributed by atoms with Crippen LogP contribution < -0.4 is 5.32 Å². The number of nitrogens with one attached hydrogen (secondary N) is 1. The quantitative estimate of drug-likeness (QED) is 0.454. The fourth-order valence-electron chi connectivity index (χ4n) is 6.84. The normalized spacial score (nSPS) is 30.7. The van der Waals surface area contributed by atoms with Crippen LogP contribution in [0, 0.1) is 23.7 Å². The molecule has 3 aliphatic heterocycles. The van der Waals surface area contributed by atoms with Gasteiger partial charge in [-0.1, -0.05) is 44.2 Å². The number of alkyl carbamates (subject to hydrolysis) is 1. The van der Waals surface area contributed by atoms with Gasteiger partial charge >= 0.3 is 12.1 Å². The van der Waals surface area contributed by atoms with Crippen molar-refractivity contribution in [3.63, 3.8) is 0 Å². The predicted octanol–water partition coefficient (Wildman–Crippen LogP) is 2.88. The third-order valence-electron chi connectivity index (χ3n) is 8.84. The number of benzene rings is 1. The maximum Gasteiger partial charge on any atom is 0.407 e. The molecule has 4 fully saturated rings. The average molecular weight is 560 g/mol. The number of piperidine rings is 1. The number of carbonyl (C=O) groups is 2. The maximum atomic E-state index is 13.6. The number of likely N-dealkylation sites (tertiary alicyclic amines) is 1. The summed E-state index contributed by atoms with van der Waals surface area (Å²) in [5.74, 6) is 0.787. The van der Waals surface area contributed by atoms with Crippen LogP contribution in [0.15, 0.2) is 30.3 Å². The molecule has 1 aromatic rings. The molecule has 2 N–H and O–H groups in total. The summed E-state index contributed by atoms with van der Waals surface area (Å²) in [6, 6.07) is 8.99. The van der Waals surface area contributed by atoms with Crippen LogP contribution in [0.5, 0.6) is 0 Å². The summed E-state index contributed by atoms with van der Waals surface area (Å²) in [6.45, 7) is 6.97. The van der Waals surface area contributed by atoms with Gasteiger partial charge in [0.05, 0.1) is 38.0 Å². The first-order valence-electron chi connectivity index (χ1n) is 14.8. The van der Waals surface area contributed by atoms with Crippen LogP contribution in [-0.2, 0) is 25.4 Å². The molecule has 10 nitrogen and oxygen atoms in total. The Balaban J connectivity index is 1.27. The van der Waals surface area contributed by atoms with E-state index in [1.807, 2.05) is 35.2 Å². The van der Waals surface area contributed by atoms with Gasteiger partial charge in [0, 0.05) is 44.5 Å². The van der Waals surface area contributed by atoms with E-state index in [1.54, 1.807) is 12.0 Å². The second-order valence-electron chi connectivity index (χ2n) is 12.3. The number of urea groups is 1. The first-order valence-corrected chi connectivity index (χ1v) is 14.8. The van der Waals surface area contributed by atoms with Crippen LogP contribution in [0.25, 0.3) is 0 Å². The van der Waals surface area contributed by atoms with Crippen molar-refractivity contribution in [3.8, 4) is 0 Å². The zero-order valence-corrected chi connectivity index (χ0v) is 23.9. The van der Waals surface area contributed by atoms with Gasteiger partial charge in [-0.3, -0.25) is 0 Å². The van der Waals surface area contributed by atoms with Crippen LogP contribution >= 0.6 is 0 Å². The van der Waals surface area contributed by atoms with Gasteiger partial charge in [0.2, 0.25) is 0 Å². The molecule has 1 saturated carbocycles.